The highest BCUT2D eigenvalue weighted by Gasteiger charge is 2.18. The van der Waals surface area contributed by atoms with E-state index in [1.54, 1.807) is 25.3 Å². The standard InChI is InChI=1S/C21H32N2O3.C7H8O3S/c1-16-5-9-18(10-6-16)22-21(24)12-8-17-7-11-19(20(15-17)25-4)26-14-13-23(2)3;1-6-2-4-7(5-3-6)11(8,9)10/h7-8,11-12,15-16,18H,5-6,9-10,13-14H2,1-4H3,(H,22,24);2-5H,1H3,(H,8,9,10). The number of likely N-dealkylation sites (N-methyl/N-ethyl adjacent to an activating group) is 1. The lowest BCUT2D eigenvalue weighted by Gasteiger charge is -2.26. The lowest BCUT2D eigenvalue weighted by atomic mass is 9.87. The number of methoxy groups -OCH3 is 1. The fourth-order valence-electron chi connectivity index (χ4n) is 3.78. The summed E-state index contributed by atoms with van der Waals surface area (Å²) in [5.74, 6) is 2.14. The average molecular weight is 533 g/mol. The summed E-state index contributed by atoms with van der Waals surface area (Å²) < 4.78 is 40.7. The first-order chi connectivity index (χ1) is 17.5. The molecular weight excluding hydrogens is 492 g/mol. The van der Waals surface area contributed by atoms with Crippen LogP contribution in [0.3, 0.4) is 0 Å². The van der Waals surface area contributed by atoms with Gasteiger partial charge in [-0.25, -0.2) is 0 Å². The Kier molecular flexibility index (Phi) is 12.1. The second-order valence-electron chi connectivity index (χ2n) is 9.65. The maximum absolute atomic E-state index is 12.1. The molecule has 1 aliphatic rings. The quantitative estimate of drug-likeness (QED) is 0.360. The van der Waals surface area contributed by atoms with E-state index in [2.05, 4.69) is 17.1 Å². The molecule has 37 heavy (non-hydrogen) atoms. The van der Waals surface area contributed by atoms with Gasteiger partial charge in [0.15, 0.2) is 11.5 Å². The highest BCUT2D eigenvalue weighted by molar-refractivity contribution is 7.85. The van der Waals surface area contributed by atoms with Gasteiger partial charge in [0.25, 0.3) is 10.1 Å². The monoisotopic (exact) mass is 532 g/mol. The molecule has 0 bridgehead atoms. The summed E-state index contributed by atoms with van der Waals surface area (Å²) in [4.78, 5) is 14.1. The molecule has 1 amide bonds. The maximum Gasteiger partial charge on any atom is 0.294 e. The van der Waals surface area contributed by atoms with Crippen LogP contribution in [0.15, 0.2) is 53.4 Å². The molecule has 0 heterocycles. The van der Waals surface area contributed by atoms with Crippen LogP contribution >= 0.6 is 0 Å². The third-order valence-electron chi connectivity index (χ3n) is 6.09. The van der Waals surface area contributed by atoms with Crippen LogP contribution in [0.5, 0.6) is 11.5 Å². The van der Waals surface area contributed by atoms with Crippen molar-refractivity contribution in [3.05, 3.63) is 59.7 Å². The van der Waals surface area contributed by atoms with Crippen LogP contribution in [0.2, 0.25) is 0 Å². The summed E-state index contributed by atoms with van der Waals surface area (Å²) in [5, 5.41) is 3.10. The Labute approximate surface area is 221 Å². The minimum atomic E-state index is -4.02. The molecule has 2 aromatic rings. The normalized spacial score (nSPS) is 17.7. The summed E-state index contributed by atoms with van der Waals surface area (Å²) in [6.07, 6.45) is 7.95. The number of nitrogens with zero attached hydrogens (tertiary/aromatic N) is 1. The van der Waals surface area contributed by atoms with Gasteiger partial charge in [-0.15, -0.1) is 0 Å². The number of hydrogen-bond acceptors (Lipinski definition) is 6. The molecule has 1 fully saturated rings. The lowest BCUT2D eigenvalue weighted by Crippen LogP contribution is -2.36. The van der Waals surface area contributed by atoms with E-state index in [9.17, 15) is 13.2 Å². The fraction of sp³-hybridized carbons (Fsp3) is 0.464. The minimum absolute atomic E-state index is 0.0326. The van der Waals surface area contributed by atoms with Gasteiger partial charge in [0, 0.05) is 18.7 Å². The predicted octanol–water partition coefficient (Wildman–Crippen LogP) is 4.59. The molecule has 0 aromatic heterocycles. The van der Waals surface area contributed by atoms with Crippen molar-refractivity contribution in [2.45, 2.75) is 50.5 Å². The summed E-state index contributed by atoms with van der Waals surface area (Å²) >= 11 is 0. The van der Waals surface area contributed by atoms with Gasteiger partial charge in [-0.2, -0.15) is 8.42 Å². The molecule has 0 saturated heterocycles. The Morgan fingerprint density at radius 2 is 1.73 bits per heavy atom. The first-order valence-electron chi connectivity index (χ1n) is 12.5. The maximum atomic E-state index is 12.1. The van der Waals surface area contributed by atoms with Crippen molar-refractivity contribution in [3.8, 4) is 11.5 Å². The number of rotatable bonds is 9. The number of nitrogens with one attached hydrogen (secondary N) is 1. The Morgan fingerprint density at radius 3 is 2.30 bits per heavy atom. The van der Waals surface area contributed by atoms with E-state index < -0.39 is 10.1 Å². The third-order valence-corrected chi connectivity index (χ3v) is 6.96. The van der Waals surface area contributed by atoms with Crippen LogP contribution in [0.25, 0.3) is 6.08 Å². The third kappa shape index (κ3) is 11.4. The van der Waals surface area contributed by atoms with E-state index >= 15 is 0 Å². The van der Waals surface area contributed by atoms with Crippen LogP contribution in [-0.2, 0) is 14.9 Å². The van der Waals surface area contributed by atoms with E-state index in [1.165, 1.54) is 25.0 Å². The van der Waals surface area contributed by atoms with Gasteiger partial charge in [-0.1, -0.05) is 30.7 Å². The Balaban J connectivity index is 0.000000364. The summed E-state index contributed by atoms with van der Waals surface area (Å²) in [6.45, 7) is 5.55. The molecule has 9 heteroatoms. The van der Waals surface area contributed by atoms with Gasteiger partial charge in [0.1, 0.15) is 6.61 Å². The molecule has 0 unspecified atom stereocenters. The number of carbonyl (C=O) groups excluding carboxylic acids is 1. The van der Waals surface area contributed by atoms with E-state index in [-0.39, 0.29) is 10.8 Å². The van der Waals surface area contributed by atoms with E-state index in [0.29, 0.717) is 24.1 Å². The van der Waals surface area contributed by atoms with Crippen LogP contribution in [0.4, 0.5) is 0 Å². The first kappa shape index (κ1) is 30.3. The van der Waals surface area contributed by atoms with Crippen molar-refractivity contribution in [2.24, 2.45) is 5.92 Å². The molecule has 3 rings (SSSR count). The highest BCUT2D eigenvalue weighted by Crippen LogP contribution is 2.28. The van der Waals surface area contributed by atoms with Crippen LogP contribution in [0, 0.1) is 12.8 Å². The zero-order valence-electron chi connectivity index (χ0n) is 22.4. The van der Waals surface area contributed by atoms with E-state index in [4.69, 9.17) is 14.0 Å². The van der Waals surface area contributed by atoms with Crippen LogP contribution in [0.1, 0.15) is 43.7 Å². The van der Waals surface area contributed by atoms with Gasteiger partial charge in [0.05, 0.1) is 12.0 Å². The minimum Gasteiger partial charge on any atom is -0.493 e. The second-order valence-corrected chi connectivity index (χ2v) is 11.1. The molecule has 0 atom stereocenters. The summed E-state index contributed by atoms with van der Waals surface area (Å²) in [5.41, 5.74) is 1.87. The Morgan fingerprint density at radius 1 is 1.08 bits per heavy atom. The lowest BCUT2D eigenvalue weighted by molar-refractivity contribution is -0.117. The number of hydrogen-bond donors (Lipinski definition) is 2. The molecule has 2 N–H and O–H groups in total. The van der Waals surface area contributed by atoms with Gasteiger partial charge in [-0.3, -0.25) is 9.35 Å². The van der Waals surface area contributed by atoms with Gasteiger partial charge < -0.3 is 19.7 Å². The molecule has 0 radical (unpaired) electrons. The van der Waals surface area contributed by atoms with Crippen molar-refractivity contribution in [2.75, 3.05) is 34.4 Å². The zero-order chi connectivity index (χ0) is 27.4. The average Bonchev–Trinajstić information content (AvgIpc) is 2.84. The summed E-state index contributed by atoms with van der Waals surface area (Å²) in [7, 11) is 1.62. The Hall–Kier alpha value is -2.88. The predicted molar refractivity (Wildman–Crippen MR) is 147 cm³/mol. The SMILES string of the molecule is COc1cc(C=CC(=O)NC2CCC(C)CC2)ccc1OCCN(C)C.Cc1ccc(S(=O)(=O)O)cc1. The smallest absolute Gasteiger partial charge is 0.294 e. The van der Waals surface area contributed by atoms with Gasteiger partial charge in [-0.05, 0) is 88.5 Å². The topological polar surface area (TPSA) is 105 Å². The molecule has 204 valence electrons. The van der Waals surface area contributed by atoms with Gasteiger partial charge >= 0.3 is 0 Å². The fourth-order valence-corrected chi connectivity index (χ4v) is 4.26. The zero-order valence-corrected chi connectivity index (χ0v) is 23.3. The van der Waals surface area contributed by atoms with E-state index in [0.717, 1.165) is 36.4 Å². The molecule has 0 spiro atoms. The largest absolute Gasteiger partial charge is 0.493 e. The second kappa shape index (κ2) is 14.8. The first-order valence-corrected chi connectivity index (χ1v) is 13.9. The number of amides is 1. The molecule has 2 aromatic carbocycles. The molecular formula is C28H40N2O6S. The van der Waals surface area contributed by atoms with Crippen LogP contribution in [-0.4, -0.2) is 64.2 Å². The van der Waals surface area contributed by atoms with E-state index in [1.807, 2.05) is 45.3 Å². The van der Waals surface area contributed by atoms with Crippen molar-refractivity contribution in [1.29, 1.82) is 0 Å². The number of benzene rings is 2. The van der Waals surface area contributed by atoms with Crippen molar-refractivity contribution >= 4 is 22.1 Å². The van der Waals surface area contributed by atoms with Crippen molar-refractivity contribution < 1.29 is 27.2 Å². The molecule has 8 nitrogen and oxygen atoms in total. The number of ether oxygens (including phenoxy) is 2. The van der Waals surface area contributed by atoms with Crippen molar-refractivity contribution in [3.63, 3.8) is 0 Å². The van der Waals surface area contributed by atoms with Gasteiger partial charge in [0.2, 0.25) is 5.91 Å². The molecule has 1 saturated carbocycles. The van der Waals surface area contributed by atoms with Crippen molar-refractivity contribution in [1.82, 2.24) is 10.2 Å². The number of carbonyl (C=O) groups is 1. The molecule has 1 aliphatic carbocycles. The highest BCUT2D eigenvalue weighted by atomic mass is 32.2. The Bertz CT molecular complexity index is 1120. The summed E-state index contributed by atoms with van der Waals surface area (Å²) in [6, 6.07) is 12.0. The number of aryl methyl sites for hydroxylation is 1. The molecule has 0 aliphatic heterocycles. The van der Waals surface area contributed by atoms with Crippen LogP contribution < -0.4 is 14.8 Å².